The van der Waals surface area contributed by atoms with E-state index in [1.165, 1.54) is 22.2 Å². The summed E-state index contributed by atoms with van der Waals surface area (Å²) in [6, 6.07) is 10.2. The van der Waals surface area contributed by atoms with Crippen LogP contribution >= 0.6 is 35.0 Å². The van der Waals surface area contributed by atoms with Crippen molar-refractivity contribution in [2.75, 3.05) is 0 Å². The minimum absolute atomic E-state index is 0.178. The number of nitrogens with zero attached hydrogens (tertiary/aromatic N) is 3. The molecule has 3 aromatic heterocycles. The van der Waals surface area contributed by atoms with E-state index in [2.05, 4.69) is 9.97 Å². The van der Waals surface area contributed by atoms with Crippen LogP contribution in [0.5, 0.6) is 0 Å². The SMILES string of the molecule is O=c1cc(CSc2nc3cc(Cl)ccc3o2)nc2ccc(Cl)cn12. The first-order valence-electron chi connectivity index (χ1n) is 6.95. The first-order chi connectivity index (χ1) is 11.6. The van der Waals surface area contributed by atoms with Gasteiger partial charge in [-0.25, -0.2) is 9.97 Å². The topological polar surface area (TPSA) is 60.4 Å². The first-order valence-corrected chi connectivity index (χ1v) is 8.69. The minimum atomic E-state index is -0.178. The van der Waals surface area contributed by atoms with Crippen LogP contribution in [0.4, 0.5) is 0 Å². The quantitative estimate of drug-likeness (QED) is 0.494. The molecule has 0 radical (unpaired) electrons. The number of aromatic nitrogens is 3. The summed E-state index contributed by atoms with van der Waals surface area (Å²) in [7, 11) is 0. The van der Waals surface area contributed by atoms with Crippen LogP contribution in [0.15, 0.2) is 57.0 Å². The van der Waals surface area contributed by atoms with Gasteiger partial charge in [-0.1, -0.05) is 35.0 Å². The lowest BCUT2D eigenvalue weighted by molar-refractivity contribution is 0.489. The number of oxazole rings is 1. The number of hydrogen-bond acceptors (Lipinski definition) is 5. The van der Waals surface area contributed by atoms with Gasteiger partial charge in [-0.2, -0.15) is 0 Å². The van der Waals surface area contributed by atoms with Crippen LogP contribution < -0.4 is 5.56 Å². The molecule has 0 aliphatic rings. The molecule has 0 atom stereocenters. The van der Waals surface area contributed by atoms with Crippen molar-refractivity contribution in [2.24, 2.45) is 0 Å². The Morgan fingerprint density at radius 1 is 1.08 bits per heavy atom. The van der Waals surface area contributed by atoms with E-state index in [1.807, 2.05) is 0 Å². The second-order valence-corrected chi connectivity index (χ2v) is 6.84. The van der Waals surface area contributed by atoms with Gasteiger partial charge in [-0.15, -0.1) is 0 Å². The molecule has 0 spiro atoms. The van der Waals surface area contributed by atoms with Gasteiger partial charge in [0.1, 0.15) is 11.2 Å². The predicted molar refractivity (Wildman–Crippen MR) is 95.1 cm³/mol. The van der Waals surface area contributed by atoms with E-state index < -0.39 is 0 Å². The summed E-state index contributed by atoms with van der Waals surface area (Å²) in [5.41, 5.74) is 2.39. The van der Waals surface area contributed by atoms with E-state index in [-0.39, 0.29) is 5.56 Å². The van der Waals surface area contributed by atoms with Crippen molar-refractivity contribution in [2.45, 2.75) is 11.0 Å². The molecule has 4 aromatic rings. The molecule has 0 N–H and O–H groups in total. The first kappa shape index (κ1) is 15.5. The standard InChI is InChI=1S/C16H9Cl2N3O2S/c17-9-1-3-13-12(5-9)20-16(23-13)24-8-11-6-15(22)21-7-10(18)2-4-14(21)19-11/h1-7H,8H2. The zero-order chi connectivity index (χ0) is 16.7. The maximum Gasteiger partial charge on any atom is 0.258 e. The molecule has 0 fully saturated rings. The van der Waals surface area contributed by atoms with Crippen LogP contribution in [-0.2, 0) is 5.75 Å². The second-order valence-electron chi connectivity index (χ2n) is 5.04. The molecule has 3 heterocycles. The lowest BCUT2D eigenvalue weighted by Crippen LogP contribution is -2.15. The summed E-state index contributed by atoms with van der Waals surface area (Å²) in [4.78, 5) is 21.0. The van der Waals surface area contributed by atoms with Gasteiger partial charge in [0.25, 0.3) is 10.8 Å². The number of pyridine rings is 1. The summed E-state index contributed by atoms with van der Waals surface area (Å²) in [5.74, 6) is 0.467. The number of halogens is 2. The highest BCUT2D eigenvalue weighted by molar-refractivity contribution is 7.98. The third-order valence-corrected chi connectivity index (χ3v) is 4.67. The highest BCUT2D eigenvalue weighted by atomic mass is 35.5. The zero-order valence-electron chi connectivity index (χ0n) is 12.1. The fraction of sp³-hybridized carbons (Fsp3) is 0.0625. The van der Waals surface area contributed by atoms with Crippen LogP contribution in [-0.4, -0.2) is 14.4 Å². The van der Waals surface area contributed by atoms with Crippen LogP contribution in [0, 0.1) is 0 Å². The number of benzene rings is 1. The molecule has 5 nitrogen and oxygen atoms in total. The largest absolute Gasteiger partial charge is 0.431 e. The molecule has 0 aliphatic heterocycles. The Bertz CT molecular complexity index is 1120. The van der Waals surface area contributed by atoms with Crippen LogP contribution in [0.3, 0.4) is 0 Å². The van der Waals surface area contributed by atoms with Crippen LogP contribution in [0.25, 0.3) is 16.7 Å². The Morgan fingerprint density at radius 3 is 2.79 bits per heavy atom. The van der Waals surface area contributed by atoms with Gasteiger partial charge >= 0.3 is 0 Å². The maximum atomic E-state index is 12.1. The van der Waals surface area contributed by atoms with E-state index >= 15 is 0 Å². The van der Waals surface area contributed by atoms with E-state index in [9.17, 15) is 4.79 Å². The molecule has 0 unspecified atom stereocenters. The molecule has 0 amide bonds. The fourth-order valence-corrected chi connectivity index (χ4v) is 3.33. The molecule has 0 aliphatic carbocycles. The summed E-state index contributed by atoms with van der Waals surface area (Å²) >= 11 is 13.2. The number of thioether (sulfide) groups is 1. The minimum Gasteiger partial charge on any atom is -0.431 e. The number of hydrogen-bond donors (Lipinski definition) is 0. The van der Waals surface area contributed by atoms with Crippen LogP contribution in [0.1, 0.15) is 5.69 Å². The molecule has 1 aromatic carbocycles. The highest BCUT2D eigenvalue weighted by Gasteiger charge is 2.09. The van der Waals surface area contributed by atoms with Crippen molar-refractivity contribution in [1.29, 1.82) is 0 Å². The Kier molecular flexibility index (Phi) is 3.96. The highest BCUT2D eigenvalue weighted by Crippen LogP contribution is 2.27. The van der Waals surface area contributed by atoms with Gasteiger partial charge in [0.05, 0.1) is 10.7 Å². The molecule has 0 saturated carbocycles. The van der Waals surface area contributed by atoms with Gasteiger partial charge in [-0.05, 0) is 30.3 Å². The van der Waals surface area contributed by atoms with Gasteiger partial charge < -0.3 is 4.42 Å². The second kappa shape index (κ2) is 6.12. The molecule has 8 heteroatoms. The molecule has 0 saturated heterocycles. The Labute approximate surface area is 150 Å². The Morgan fingerprint density at radius 2 is 1.92 bits per heavy atom. The van der Waals surface area contributed by atoms with Crippen molar-refractivity contribution >= 4 is 51.7 Å². The molecule has 0 bridgehead atoms. The summed E-state index contributed by atoms with van der Waals surface area (Å²) in [5, 5.41) is 1.60. The maximum absolute atomic E-state index is 12.1. The van der Waals surface area contributed by atoms with Gasteiger partial charge in [-0.3, -0.25) is 9.20 Å². The van der Waals surface area contributed by atoms with E-state index in [0.29, 0.717) is 43.5 Å². The van der Waals surface area contributed by atoms with Crippen LogP contribution in [0.2, 0.25) is 10.0 Å². The zero-order valence-corrected chi connectivity index (χ0v) is 14.4. The van der Waals surface area contributed by atoms with Crippen molar-refractivity contribution in [1.82, 2.24) is 14.4 Å². The lowest BCUT2D eigenvalue weighted by Gasteiger charge is -2.03. The Balaban J connectivity index is 1.61. The van der Waals surface area contributed by atoms with Crippen molar-refractivity contribution in [3.63, 3.8) is 0 Å². The van der Waals surface area contributed by atoms with Crippen molar-refractivity contribution in [3.05, 3.63) is 68.7 Å². The van der Waals surface area contributed by atoms with Crippen molar-refractivity contribution in [3.8, 4) is 0 Å². The number of rotatable bonds is 3. The molecule has 120 valence electrons. The summed E-state index contributed by atoms with van der Waals surface area (Å²) in [6.45, 7) is 0. The summed E-state index contributed by atoms with van der Waals surface area (Å²) < 4.78 is 7.06. The van der Waals surface area contributed by atoms with Gasteiger partial charge in [0.2, 0.25) is 0 Å². The monoisotopic (exact) mass is 377 g/mol. The lowest BCUT2D eigenvalue weighted by atomic mass is 10.3. The van der Waals surface area contributed by atoms with Crippen molar-refractivity contribution < 1.29 is 4.42 Å². The third kappa shape index (κ3) is 3.00. The normalized spacial score (nSPS) is 11.4. The third-order valence-electron chi connectivity index (χ3n) is 3.35. The van der Waals surface area contributed by atoms with Gasteiger partial charge in [0, 0.05) is 23.0 Å². The smallest absolute Gasteiger partial charge is 0.258 e. The van der Waals surface area contributed by atoms with E-state index in [1.54, 1.807) is 36.5 Å². The predicted octanol–water partition coefficient (Wildman–Crippen LogP) is 4.43. The average Bonchev–Trinajstić information content (AvgIpc) is 2.95. The molecule has 24 heavy (non-hydrogen) atoms. The summed E-state index contributed by atoms with van der Waals surface area (Å²) in [6.07, 6.45) is 1.55. The Hall–Kier alpha value is -2.02. The molecule has 4 rings (SSSR count). The average molecular weight is 378 g/mol. The van der Waals surface area contributed by atoms with E-state index in [0.717, 1.165) is 0 Å². The fourth-order valence-electron chi connectivity index (χ4n) is 2.28. The molecular formula is C16H9Cl2N3O2S. The number of fused-ring (bicyclic) bond motifs is 2. The van der Waals surface area contributed by atoms with Gasteiger partial charge in [0.15, 0.2) is 5.58 Å². The molecular weight excluding hydrogens is 369 g/mol. The van der Waals surface area contributed by atoms with E-state index in [4.69, 9.17) is 27.6 Å².